The highest BCUT2D eigenvalue weighted by Crippen LogP contribution is 2.32. The van der Waals surface area contributed by atoms with Gasteiger partial charge in [-0.1, -0.05) is 49.0 Å². The Labute approximate surface area is 155 Å². The van der Waals surface area contributed by atoms with Crippen molar-refractivity contribution in [1.29, 1.82) is 0 Å². The Balaban J connectivity index is 1.93. The van der Waals surface area contributed by atoms with Gasteiger partial charge >= 0.3 is 0 Å². The maximum Gasteiger partial charge on any atom is 0.276 e. The molecule has 6 nitrogen and oxygen atoms in total. The van der Waals surface area contributed by atoms with E-state index >= 15 is 0 Å². The van der Waals surface area contributed by atoms with Crippen LogP contribution in [-0.2, 0) is 4.79 Å². The third-order valence-electron chi connectivity index (χ3n) is 4.19. The molecular weight excluding hydrogens is 348 g/mol. The number of benzene rings is 2. The zero-order valence-corrected chi connectivity index (χ0v) is 15.3. The molecule has 1 atom stereocenters. The highest BCUT2D eigenvalue weighted by molar-refractivity contribution is 8.13. The van der Waals surface area contributed by atoms with Crippen molar-refractivity contribution in [2.45, 2.75) is 13.1 Å². The second kappa shape index (κ2) is 6.84. The van der Waals surface area contributed by atoms with Crippen LogP contribution >= 0.6 is 11.8 Å². The van der Waals surface area contributed by atoms with E-state index in [0.717, 1.165) is 27.6 Å². The molecule has 0 radical (unpaired) electrons. The summed E-state index contributed by atoms with van der Waals surface area (Å²) in [6.45, 7) is 2.02. The molecule has 0 spiro atoms. The number of carbonyl (C=O) groups excluding carboxylic acids is 1. The van der Waals surface area contributed by atoms with Crippen molar-refractivity contribution in [3.8, 4) is 5.75 Å². The van der Waals surface area contributed by atoms with Gasteiger partial charge in [-0.3, -0.25) is 15.1 Å². The monoisotopic (exact) mass is 366 g/mol. The molecule has 0 saturated heterocycles. The second-order valence-corrected chi connectivity index (χ2v) is 7.03. The smallest absolute Gasteiger partial charge is 0.276 e. The number of ether oxygens (including phenoxy) is 1. The number of rotatable bonds is 3. The average Bonchev–Trinajstić information content (AvgIpc) is 2.67. The fraction of sp³-hybridized carbons (Fsp3) is 0.211. The average molecular weight is 366 g/mol. The zero-order chi connectivity index (χ0) is 18.1. The SMILES string of the molecule is CCSC1=NN2C(=c3ccccc3=N[C@@H]2c2cccc(OC)c2)C(=O)N1. The fourth-order valence-electron chi connectivity index (χ4n) is 3.05. The van der Waals surface area contributed by atoms with E-state index in [4.69, 9.17) is 9.73 Å². The Morgan fingerprint density at radius 1 is 1.23 bits per heavy atom. The van der Waals surface area contributed by atoms with E-state index in [1.807, 2.05) is 55.5 Å². The van der Waals surface area contributed by atoms with Crippen LogP contribution in [-0.4, -0.2) is 28.9 Å². The van der Waals surface area contributed by atoms with Gasteiger partial charge in [0.1, 0.15) is 11.4 Å². The predicted molar refractivity (Wildman–Crippen MR) is 102 cm³/mol. The second-order valence-electron chi connectivity index (χ2n) is 5.78. The number of carbonyl (C=O) groups is 1. The van der Waals surface area contributed by atoms with E-state index in [1.54, 1.807) is 12.1 Å². The van der Waals surface area contributed by atoms with Crippen molar-refractivity contribution in [2.24, 2.45) is 10.1 Å². The number of hydrogen-bond donors (Lipinski definition) is 1. The lowest BCUT2D eigenvalue weighted by Gasteiger charge is -2.34. The summed E-state index contributed by atoms with van der Waals surface area (Å²) in [6.07, 6.45) is -0.423. The van der Waals surface area contributed by atoms with Gasteiger partial charge in [-0.2, -0.15) is 0 Å². The largest absolute Gasteiger partial charge is 0.497 e. The van der Waals surface area contributed by atoms with Gasteiger partial charge in [-0.15, -0.1) is 5.10 Å². The van der Waals surface area contributed by atoms with E-state index in [9.17, 15) is 4.79 Å². The standard InChI is InChI=1S/C19H18N4O2S/c1-3-26-19-21-18(24)16-14-9-4-5-10-15(14)20-17(23(16)22-19)12-7-6-8-13(11-12)25-2/h4-11,17H,3H2,1-2H3,(H,21,22,24)/t17-/m0/s1. The molecule has 0 unspecified atom stereocenters. The van der Waals surface area contributed by atoms with Gasteiger partial charge in [0.2, 0.25) is 0 Å². The van der Waals surface area contributed by atoms with E-state index < -0.39 is 6.17 Å². The van der Waals surface area contributed by atoms with Crippen molar-refractivity contribution in [1.82, 2.24) is 10.3 Å². The molecule has 1 N–H and O–H groups in total. The minimum atomic E-state index is -0.423. The Hall–Kier alpha value is -2.80. The van der Waals surface area contributed by atoms with E-state index in [1.165, 1.54) is 11.8 Å². The van der Waals surface area contributed by atoms with Gasteiger partial charge in [0, 0.05) is 10.8 Å². The topological polar surface area (TPSA) is 66.3 Å². The molecular formula is C19H18N4O2S. The van der Waals surface area contributed by atoms with Crippen molar-refractivity contribution in [3.63, 3.8) is 0 Å². The summed E-state index contributed by atoms with van der Waals surface area (Å²) in [6, 6.07) is 15.3. The van der Waals surface area contributed by atoms with Crippen LogP contribution < -0.4 is 20.6 Å². The lowest BCUT2D eigenvalue weighted by atomic mass is 10.1. The van der Waals surface area contributed by atoms with Crippen LogP contribution in [0.4, 0.5) is 0 Å². The van der Waals surface area contributed by atoms with E-state index in [2.05, 4.69) is 10.4 Å². The van der Waals surface area contributed by atoms with Gasteiger partial charge in [-0.05, 0) is 24.0 Å². The first-order valence-corrected chi connectivity index (χ1v) is 9.33. The summed E-state index contributed by atoms with van der Waals surface area (Å²) in [7, 11) is 1.63. The first-order valence-electron chi connectivity index (χ1n) is 8.34. The molecule has 2 aliphatic heterocycles. The molecule has 7 heteroatoms. The van der Waals surface area contributed by atoms with Crippen molar-refractivity contribution >= 4 is 28.5 Å². The van der Waals surface area contributed by atoms with Crippen molar-refractivity contribution in [2.75, 3.05) is 12.9 Å². The Morgan fingerprint density at radius 2 is 2.08 bits per heavy atom. The molecule has 0 saturated carbocycles. The molecule has 0 aromatic heterocycles. The van der Waals surface area contributed by atoms with Gasteiger partial charge in [0.05, 0.1) is 12.5 Å². The van der Waals surface area contributed by atoms with Crippen LogP contribution in [0, 0.1) is 0 Å². The van der Waals surface area contributed by atoms with Crippen LogP contribution in [0.15, 0.2) is 58.6 Å². The number of hydrazone groups is 1. The molecule has 0 bridgehead atoms. The molecule has 2 heterocycles. The third kappa shape index (κ3) is 2.84. The van der Waals surface area contributed by atoms with Crippen LogP contribution in [0.2, 0.25) is 0 Å². The number of methoxy groups -OCH3 is 1. The summed E-state index contributed by atoms with van der Waals surface area (Å²) < 4.78 is 5.35. The Morgan fingerprint density at radius 3 is 2.88 bits per heavy atom. The normalized spacial score (nSPS) is 18.3. The lowest BCUT2D eigenvalue weighted by molar-refractivity contribution is -0.116. The first-order chi connectivity index (χ1) is 12.7. The highest BCUT2D eigenvalue weighted by atomic mass is 32.2. The predicted octanol–water partition coefficient (Wildman–Crippen LogP) is 1.59. The van der Waals surface area contributed by atoms with Crippen LogP contribution in [0.3, 0.4) is 0 Å². The van der Waals surface area contributed by atoms with E-state index in [-0.39, 0.29) is 5.91 Å². The fourth-order valence-corrected chi connectivity index (χ4v) is 3.63. The van der Waals surface area contributed by atoms with E-state index in [0.29, 0.717) is 10.9 Å². The molecule has 132 valence electrons. The summed E-state index contributed by atoms with van der Waals surface area (Å²) in [5, 5.41) is 11.4. The molecule has 2 aromatic rings. The van der Waals surface area contributed by atoms with Gasteiger partial charge in [0.25, 0.3) is 5.91 Å². The number of amidine groups is 1. The summed E-state index contributed by atoms with van der Waals surface area (Å²) in [5.74, 6) is 1.40. The zero-order valence-electron chi connectivity index (χ0n) is 14.5. The van der Waals surface area contributed by atoms with Crippen LogP contribution in [0.5, 0.6) is 5.75 Å². The highest BCUT2D eigenvalue weighted by Gasteiger charge is 2.34. The number of hydrogen-bond acceptors (Lipinski definition) is 6. The number of amides is 1. The summed E-state index contributed by atoms with van der Waals surface area (Å²) in [4.78, 5) is 17.7. The van der Waals surface area contributed by atoms with Crippen molar-refractivity contribution in [3.05, 3.63) is 64.7 Å². The lowest BCUT2D eigenvalue weighted by Crippen LogP contribution is -2.50. The summed E-state index contributed by atoms with van der Waals surface area (Å²) in [5.41, 5.74) is 1.43. The molecule has 26 heavy (non-hydrogen) atoms. The van der Waals surface area contributed by atoms with Crippen LogP contribution in [0.1, 0.15) is 18.7 Å². The number of para-hydroxylation sites is 1. The maximum atomic E-state index is 12.8. The molecule has 2 aromatic carbocycles. The van der Waals surface area contributed by atoms with Crippen LogP contribution in [0.25, 0.3) is 5.70 Å². The first kappa shape index (κ1) is 16.7. The molecule has 0 fully saturated rings. The minimum absolute atomic E-state index is 0.161. The van der Waals surface area contributed by atoms with Gasteiger partial charge in [0.15, 0.2) is 11.3 Å². The quantitative estimate of drug-likeness (QED) is 0.896. The number of fused-ring (bicyclic) bond motifs is 2. The maximum absolute atomic E-state index is 12.8. The molecule has 1 amide bonds. The Kier molecular flexibility index (Phi) is 4.38. The Bertz CT molecular complexity index is 1020. The molecule has 2 aliphatic rings. The number of nitrogens with zero attached hydrogens (tertiary/aromatic N) is 3. The minimum Gasteiger partial charge on any atom is -0.497 e. The molecule has 0 aliphatic carbocycles. The van der Waals surface area contributed by atoms with Gasteiger partial charge < -0.3 is 4.74 Å². The third-order valence-corrected chi connectivity index (χ3v) is 4.93. The summed E-state index contributed by atoms with van der Waals surface area (Å²) >= 11 is 1.49. The molecule has 4 rings (SSSR count). The van der Waals surface area contributed by atoms with Gasteiger partial charge in [-0.25, -0.2) is 5.01 Å². The van der Waals surface area contributed by atoms with Crippen molar-refractivity contribution < 1.29 is 9.53 Å². The number of nitrogens with one attached hydrogen (secondary N) is 1. The number of thioether (sulfide) groups is 1.